The van der Waals surface area contributed by atoms with Crippen LogP contribution in [0.3, 0.4) is 0 Å². The van der Waals surface area contributed by atoms with Crippen LogP contribution in [0.4, 0.5) is 13.2 Å². The molecule has 1 aromatic rings. The van der Waals surface area contributed by atoms with Crippen molar-refractivity contribution in [2.75, 3.05) is 6.61 Å². The summed E-state index contributed by atoms with van der Waals surface area (Å²) in [4.78, 5) is 0. The van der Waals surface area contributed by atoms with E-state index in [0.717, 1.165) is 11.3 Å². The van der Waals surface area contributed by atoms with E-state index in [1.807, 2.05) is 6.92 Å². The monoisotopic (exact) mass is 259 g/mol. The normalized spacial score (nSPS) is 17.6. The van der Waals surface area contributed by atoms with Gasteiger partial charge in [0.1, 0.15) is 11.3 Å². The third kappa shape index (κ3) is 2.77. The molecule has 0 amide bonds. The smallest absolute Gasteiger partial charge is 0.406 e. The molecular formula is C13H16F3NO. The van der Waals surface area contributed by atoms with E-state index >= 15 is 0 Å². The number of hydrogen-bond donors (Lipinski definition) is 1. The molecule has 1 aromatic carbocycles. The Kier molecular flexibility index (Phi) is 3.52. The van der Waals surface area contributed by atoms with E-state index in [-0.39, 0.29) is 19.4 Å². The lowest BCUT2D eigenvalue weighted by Gasteiger charge is -2.20. The first-order valence-corrected chi connectivity index (χ1v) is 6.00. The van der Waals surface area contributed by atoms with E-state index in [1.54, 1.807) is 24.3 Å². The van der Waals surface area contributed by atoms with Crippen molar-refractivity contribution >= 4 is 0 Å². The van der Waals surface area contributed by atoms with Crippen molar-refractivity contribution in [3.8, 4) is 5.75 Å². The maximum absolute atomic E-state index is 12.7. The summed E-state index contributed by atoms with van der Waals surface area (Å²) < 4.78 is 43.3. The number of ether oxygens (including phenoxy) is 1. The van der Waals surface area contributed by atoms with Gasteiger partial charge < -0.3 is 4.74 Å². The van der Waals surface area contributed by atoms with Gasteiger partial charge >= 0.3 is 6.18 Å². The molecule has 0 saturated heterocycles. The van der Waals surface area contributed by atoms with Crippen LogP contribution in [0.1, 0.15) is 25.3 Å². The predicted molar refractivity (Wildman–Crippen MR) is 62.5 cm³/mol. The van der Waals surface area contributed by atoms with Gasteiger partial charge in [0.05, 0.1) is 6.61 Å². The average Bonchev–Trinajstić information content (AvgIpc) is 3.09. The van der Waals surface area contributed by atoms with E-state index in [9.17, 15) is 13.2 Å². The summed E-state index contributed by atoms with van der Waals surface area (Å²) in [5, 5.41) is 2.61. The van der Waals surface area contributed by atoms with Crippen molar-refractivity contribution in [2.24, 2.45) is 0 Å². The highest BCUT2D eigenvalue weighted by Gasteiger charge is 2.62. The summed E-state index contributed by atoms with van der Waals surface area (Å²) in [6, 6.07) is 7.11. The fourth-order valence-electron chi connectivity index (χ4n) is 1.83. The minimum Gasteiger partial charge on any atom is -0.494 e. The molecule has 0 spiro atoms. The van der Waals surface area contributed by atoms with E-state index in [2.05, 4.69) is 5.32 Å². The van der Waals surface area contributed by atoms with Crippen molar-refractivity contribution < 1.29 is 17.9 Å². The SMILES string of the molecule is CCOc1ccc(CNC2(C(F)(F)F)CC2)cc1. The maximum Gasteiger partial charge on any atom is 0.406 e. The van der Waals surface area contributed by atoms with Crippen LogP contribution in [0, 0.1) is 0 Å². The maximum atomic E-state index is 12.7. The molecule has 1 N–H and O–H groups in total. The molecule has 0 aliphatic heterocycles. The van der Waals surface area contributed by atoms with Crippen molar-refractivity contribution in [3.05, 3.63) is 29.8 Å². The molecular weight excluding hydrogens is 243 g/mol. The standard InChI is InChI=1S/C13H16F3NO/c1-2-18-11-5-3-10(4-6-11)9-17-12(7-8-12)13(14,15)16/h3-6,17H,2,7-9H2,1H3. The van der Waals surface area contributed by atoms with E-state index in [4.69, 9.17) is 4.74 Å². The second-order valence-electron chi connectivity index (χ2n) is 4.51. The van der Waals surface area contributed by atoms with Crippen molar-refractivity contribution in [1.82, 2.24) is 5.32 Å². The summed E-state index contributed by atoms with van der Waals surface area (Å²) >= 11 is 0. The lowest BCUT2D eigenvalue weighted by Crippen LogP contribution is -2.44. The van der Waals surface area contributed by atoms with Crippen LogP contribution in [0.25, 0.3) is 0 Å². The summed E-state index contributed by atoms with van der Waals surface area (Å²) in [5.41, 5.74) is -0.819. The Morgan fingerprint density at radius 1 is 1.22 bits per heavy atom. The number of rotatable bonds is 5. The molecule has 1 aliphatic carbocycles. The highest BCUT2D eigenvalue weighted by molar-refractivity contribution is 5.27. The first-order chi connectivity index (χ1) is 8.47. The van der Waals surface area contributed by atoms with Gasteiger partial charge in [-0.1, -0.05) is 12.1 Å². The zero-order valence-electron chi connectivity index (χ0n) is 10.2. The molecule has 1 aliphatic rings. The Hall–Kier alpha value is -1.23. The second-order valence-corrected chi connectivity index (χ2v) is 4.51. The molecule has 1 saturated carbocycles. The number of hydrogen-bond acceptors (Lipinski definition) is 2. The summed E-state index contributed by atoms with van der Waals surface area (Å²) in [7, 11) is 0. The molecule has 0 bridgehead atoms. The minimum atomic E-state index is -4.15. The topological polar surface area (TPSA) is 21.3 Å². The van der Waals surface area contributed by atoms with Crippen LogP contribution < -0.4 is 10.1 Å². The van der Waals surface area contributed by atoms with Gasteiger partial charge in [-0.2, -0.15) is 13.2 Å². The number of halogens is 3. The summed E-state index contributed by atoms with van der Waals surface area (Å²) in [5.74, 6) is 0.734. The molecule has 0 unspecified atom stereocenters. The quantitative estimate of drug-likeness (QED) is 0.876. The fourth-order valence-corrected chi connectivity index (χ4v) is 1.83. The van der Waals surface area contributed by atoms with E-state index in [1.165, 1.54) is 0 Å². The summed E-state index contributed by atoms with van der Waals surface area (Å²) in [6.45, 7) is 2.69. The first-order valence-electron chi connectivity index (χ1n) is 6.00. The zero-order valence-corrected chi connectivity index (χ0v) is 10.2. The first kappa shape index (κ1) is 13.2. The van der Waals surface area contributed by atoms with Gasteiger partial charge in [0.25, 0.3) is 0 Å². The molecule has 18 heavy (non-hydrogen) atoms. The largest absolute Gasteiger partial charge is 0.494 e. The Labute approximate surface area is 104 Å². The molecule has 0 atom stereocenters. The lowest BCUT2D eigenvalue weighted by atomic mass is 10.2. The van der Waals surface area contributed by atoms with Gasteiger partial charge in [-0.3, -0.25) is 5.32 Å². The molecule has 2 rings (SSSR count). The highest BCUT2D eigenvalue weighted by atomic mass is 19.4. The van der Waals surface area contributed by atoms with Crippen LogP contribution in [-0.2, 0) is 6.54 Å². The van der Waals surface area contributed by atoms with Gasteiger partial charge in [0.15, 0.2) is 0 Å². The molecule has 0 aromatic heterocycles. The lowest BCUT2D eigenvalue weighted by molar-refractivity contribution is -0.166. The van der Waals surface area contributed by atoms with Crippen LogP contribution >= 0.6 is 0 Å². The predicted octanol–water partition coefficient (Wildman–Crippen LogP) is 3.27. The van der Waals surface area contributed by atoms with E-state index < -0.39 is 11.7 Å². The summed E-state index contributed by atoms with van der Waals surface area (Å²) in [6.07, 6.45) is -3.81. The Morgan fingerprint density at radius 3 is 2.28 bits per heavy atom. The highest BCUT2D eigenvalue weighted by Crippen LogP contribution is 2.49. The number of nitrogens with one attached hydrogen (secondary N) is 1. The fraction of sp³-hybridized carbons (Fsp3) is 0.538. The van der Waals surface area contributed by atoms with Gasteiger partial charge in [-0.15, -0.1) is 0 Å². The van der Waals surface area contributed by atoms with Crippen molar-refractivity contribution in [2.45, 2.75) is 38.0 Å². The zero-order chi connectivity index (χ0) is 13.2. The molecule has 5 heteroatoms. The molecule has 1 fully saturated rings. The number of benzene rings is 1. The van der Waals surface area contributed by atoms with Gasteiger partial charge in [0.2, 0.25) is 0 Å². The van der Waals surface area contributed by atoms with E-state index in [0.29, 0.717) is 6.61 Å². The third-order valence-corrected chi connectivity index (χ3v) is 3.16. The van der Waals surface area contributed by atoms with Gasteiger partial charge in [-0.25, -0.2) is 0 Å². The average molecular weight is 259 g/mol. The van der Waals surface area contributed by atoms with Gasteiger partial charge in [-0.05, 0) is 37.5 Å². The molecule has 0 heterocycles. The van der Waals surface area contributed by atoms with Crippen LogP contribution in [0.2, 0.25) is 0 Å². The minimum absolute atomic E-state index is 0.174. The van der Waals surface area contributed by atoms with Crippen molar-refractivity contribution in [1.29, 1.82) is 0 Å². The second kappa shape index (κ2) is 4.80. The Bertz CT molecular complexity index is 396. The Balaban J connectivity index is 1.91. The third-order valence-electron chi connectivity index (χ3n) is 3.16. The van der Waals surface area contributed by atoms with Crippen LogP contribution in [0.5, 0.6) is 5.75 Å². The van der Waals surface area contributed by atoms with Crippen LogP contribution in [-0.4, -0.2) is 18.3 Å². The molecule has 0 radical (unpaired) electrons. The number of alkyl halides is 3. The molecule has 2 nitrogen and oxygen atoms in total. The molecule has 100 valence electrons. The van der Waals surface area contributed by atoms with Crippen molar-refractivity contribution in [3.63, 3.8) is 0 Å². The Morgan fingerprint density at radius 2 is 1.83 bits per heavy atom. The van der Waals surface area contributed by atoms with Crippen LogP contribution in [0.15, 0.2) is 24.3 Å². The van der Waals surface area contributed by atoms with Gasteiger partial charge in [0, 0.05) is 6.54 Å².